The van der Waals surface area contributed by atoms with Gasteiger partial charge >= 0.3 is 0 Å². The van der Waals surface area contributed by atoms with Gasteiger partial charge in [-0.1, -0.05) is 54.6 Å². The lowest BCUT2D eigenvalue weighted by Gasteiger charge is -2.10. The van der Waals surface area contributed by atoms with Crippen LogP contribution in [0, 0.1) is 0 Å². The number of hydrogen-bond donors (Lipinski definition) is 0. The molecule has 5 rings (SSSR count). The van der Waals surface area contributed by atoms with Crippen molar-refractivity contribution in [2.75, 3.05) is 0 Å². The van der Waals surface area contributed by atoms with Gasteiger partial charge in [0.05, 0.1) is 11.0 Å². The van der Waals surface area contributed by atoms with E-state index in [1.54, 1.807) is 0 Å². The maximum Gasteiger partial charge on any atom is 0.145 e. The quantitative estimate of drug-likeness (QED) is 0.308. The summed E-state index contributed by atoms with van der Waals surface area (Å²) < 4.78 is 3.05. The summed E-state index contributed by atoms with van der Waals surface area (Å²) in [6, 6.07) is 31.1. The zero-order chi connectivity index (χ0) is 18.9. The smallest absolute Gasteiger partial charge is 0.145 e. The average Bonchev–Trinajstić information content (AvgIpc) is 3.15. The van der Waals surface area contributed by atoms with Crippen molar-refractivity contribution in [3.05, 3.63) is 102 Å². The van der Waals surface area contributed by atoms with E-state index in [1.807, 2.05) is 24.4 Å². The van der Waals surface area contributed by atoms with Crippen LogP contribution in [0.5, 0.6) is 0 Å². The van der Waals surface area contributed by atoms with Crippen LogP contribution in [-0.4, -0.2) is 14.5 Å². The molecule has 2 aromatic heterocycles. The maximum atomic E-state index is 4.95. The van der Waals surface area contributed by atoms with Gasteiger partial charge in [0.15, 0.2) is 0 Å². The number of nitrogens with zero attached hydrogens (tertiary/aromatic N) is 3. The molecule has 0 fully saturated rings. The molecule has 0 spiro atoms. The van der Waals surface area contributed by atoms with Crippen LogP contribution in [-0.2, 0) is 0 Å². The van der Waals surface area contributed by atoms with Gasteiger partial charge in [0.25, 0.3) is 0 Å². The molecule has 0 radical (unpaired) electrons. The van der Waals surface area contributed by atoms with Crippen LogP contribution in [0.4, 0.5) is 0 Å². The van der Waals surface area contributed by atoms with Gasteiger partial charge in [-0.3, -0.25) is 4.57 Å². The number of imidazole rings is 1. The van der Waals surface area contributed by atoms with Gasteiger partial charge in [-0.15, -0.1) is 0 Å². The molecule has 3 nitrogen and oxygen atoms in total. The minimum absolute atomic E-state index is 0.832. The Morgan fingerprint density at radius 1 is 0.679 bits per heavy atom. The lowest BCUT2D eigenvalue weighted by Crippen LogP contribution is -1.97. The van der Waals surface area contributed by atoms with Crippen molar-refractivity contribution in [3.8, 4) is 28.2 Å². The van der Waals surface area contributed by atoms with Gasteiger partial charge in [0, 0.05) is 23.0 Å². The molecule has 3 aromatic carbocycles. The van der Waals surface area contributed by atoms with Crippen LogP contribution in [0.15, 0.2) is 102 Å². The fourth-order valence-electron chi connectivity index (χ4n) is 3.44. The predicted octanol–water partition coefficient (Wildman–Crippen LogP) is 6.52. The summed E-state index contributed by atoms with van der Waals surface area (Å²) in [5.74, 6) is 0.930. The van der Waals surface area contributed by atoms with Crippen LogP contribution in [0.1, 0.15) is 0 Å². The number of para-hydroxylation sites is 3. The van der Waals surface area contributed by atoms with E-state index in [0.29, 0.717) is 0 Å². The molecule has 2 heterocycles. The van der Waals surface area contributed by atoms with Gasteiger partial charge in [-0.05, 0) is 57.9 Å². The third-order valence-corrected chi connectivity index (χ3v) is 5.23. The summed E-state index contributed by atoms with van der Waals surface area (Å²) in [5.41, 5.74) is 6.44. The van der Waals surface area contributed by atoms with Crippen molar-refractivity contribution in [1.29, 1.82) is 0 Å². The van der Waals surface area contributed by atoms with Crippen molar-refractivity contribution in [1.82, 2.24) is 14.5 Å². The summed E-state index contributed by atoms with van der Waals surface area (Å²) in [4.78, 5) is 9.30. The average molecular weight is 426 g/mol. The number of fused-ring (bicyclic) bond motifs is 1. The fraction of sp³-hybridized carbons (Fsp3) is 0. The molecule has 0 bridgehead atoms. The van der Waals surface area contributed by atoms with Crippen molar-refractivity contribution < 1.29 is 0 Å². The Hall–Kier alpha value is -3.24. The number of aromatic nitrogens is 3. The Labute approximate surface area is 171 Å². The second-order valence-electron chi connectivity index (χ2n) is 6.55. The first-order valence-electron chi connectivity index (χ1n) is 9.05. The van der Waals surface area contributed by atoms with Crippen LogP contribution in [0.25, 0.3) is 39.2 Å². The summed E-state index contributed by atoms with van der Waals surface area (Å²) in [6.07, 6.45) is 1.88. The lowest BCUT2D eigenvalue weighted by atomic mass is 10.0. The van der Waals surface area contributed by atoms with E-state index in [-0.39, 0.29) is 0 Å². The summed E-state index contributed by atoms with van der Waals surface area (Å²) in [5, 5.41) is 0. The highest BCUT2D eigenvalue weighted by Gasteiger charge is 2.14. The molecule has 0 aliphatic carbocycles. The standard InChI is InChI=1S/C24H16BrN3/c25-23-14-13-19(16-26-23)17-7-6-8-18(15-17)24-27-21-11-4-5-12-22(21)28(24)20-9-2-1-3-10-20/h1-16H. The van der Waals surface area contributed by atoms with E-state index < -0.39 is 0 Å². The molecular formula is C24H16BrN3. The van der Waals surface area contributed by atoms with Crippen LogP contribution < -0.4 is 0 Å². The molecule has 0 saturated carbocycles. The fourth-order valence-corrected chi connectivity index (χ4v) is 3.68. The zero-order valence-corrected chi connectivity index (χ0v) is 16.5. The molecular weight excluding hydrogens is 410 g/mol. The molecule has 28 heavy (non-hydrogen) atoms. The first-order chi connectivity index (χ1) is 13.8. The molecule has 0 N–H and O–H groups in total. The molecule has 5 aromatic rings. The lowest BCUT2D eigenvalue weighted by molar-refractivity contribution is 1.10. The first kappa shape index (κ1) is 16.9. The summed E-state index contributed by atoms with van der Waals surface area (Å²) >= 11 is 3.40. The van der Waals surface area contributed by atoms with E-state index in [9.17, 15) is 0 Å². The SMILES string of the molecule is Brc1ccc(-c2cccc(-c3nc4ccccc4n3-c3ccccc3)c2)cn1. The highest BCUT2D eigenvalue weighted by Crippen LogP contribution is 2.31. The molecule has 0 saturated heterocycles. The highest BCUT2D eigenvalue weighted by molar-refractivity contribution is 9.10. The van der Waals surface area contributed by atoms with Gasteiger partial charge in [-0.25, -0.2) is 9.97 Å². The third-order valence-electron chi connectivity index (χ3n) is 4.76. The Bertz CT molecular complexity index is 1260. The Kier molecular flexibility index (Phi) is 4.26. The van der Waals surface area contributed by atoms with Crippen LogP contribution in [0.2, 0.25) is 0 Å². The summed E-state index contributed by atoms with van der Waals surface area (Å²) in [6.45, 7) is 0. The molecule has 0 unspecified atom stereocenters. The molecule has 0 amide bonds. The van der Waals surface area contributed by atoms with Gasteiger partial charge in [0.1, 0.15) is 10.4 Å². The van der Waals surface area contributed by atoms with Gasteiger partial charge < -0.3 is 0 Å². The van der Waals surface area contributed by atoms with Crippen molar-refractivity contribution in [2.45, 2.75) is 0 Å². The largest absolute Gasteiger partial charge is 0.292 e. The van der Waals surface area contributed by atoms with E-state index in [1.165, 1.54) is 0 Å². The minimum Gasteiger partial charge on any atom is -0.292 e. The van der Waals surface area contributed by atoms with E-state index >= 15 is 0 Å². The third kappa shape index (κ3) is 3.02. The number of pyridine rings is 1. The highest BCUT2D eigenvalue weighted by atomic mass is 79.9. The van der Waals surface area contributed by atoms with Crippen molar-refractivity contribution in [3.63, 3.8) is 0 Å². The second-order valence-corrected chi connectivity index (χ2v) is 7.36. The van der Waals surface area contributed by atoms with E-state index in [4.69, 9.17) is 4.98 Å². The Balaban J connectivity index is 1.72. The normalized spacial score (nSPS) is 11.0. The maximum absolute atomic E-state index is 4.95. The molecule has 0 aliphatic rings. The van der Waals surface area contributed by atoms with E-state index in [2.05, 4.69) is 98.3 Å². The first-order valence-corrected chi connectivity index (χ1v) is 9.84. The number of rotatable bonds is 3. The van der Waals surface area contributed by atoms with Gasteiger partial charge in [0.2, 0.25) is 0 Å². The van der Waals surface area contributed by atoms with Crippen molar-refractivity contribution >= 4 is 27.0 Å². The van der Waals surface area contributed by atoms with Crippen LogP contribution in [0.3, 0.4) is 0 Å². The number of hydrogen-bond acceptors (Lipinski definition) is 2. The van der Waals surface area contributed by atoms with E-state index in [0.717, 1.165) is 43.8 Å². The zero-order valence-electron chi connectivity index (χ0n) is 15.0. The minimum atomic E-state index is 0.832. The molecule has 4 heteroatoms. The van der Waals surface area contributed by atoms with Gasteiger partial charge in [-0.2, -0.15) is 0 Å². The Morgan fingerprint density at radius 3 is 2.29 bits per heavy atom. The monoisotopic (exact) mass is 425 g/mol. The van der Waals surface area contributed by atoms with Crippen LogP contribution >= 0.6 is 15.9 Å². The molecule has 134 valence electrons. The second kappa shape index (κ2) is 7.06. The molecule has 0 atom stereocenters. The Morgan fingerprint density at radius 2 is 1.46 bits per heavy atom. The van der Waals surface area contributed by atoms with Crippen molar-refractivity contribution in [2.24, 2.45) is 0 Å². The predicted molar refractivity (Wildman–Crippen MR) is 117 cm³/mol. The molecule has 0 aliphatic heterocycles. The summed E-state index contributed by atoms with van der Waals surface area (Å²) in [7, 11) is 0. The topological polar surface area (TPSA) is 30.7 Å². The number of halogens is 1. The number of benzene rings is 3.